The van der Waals surface area contributed by atoms with E-state index in [0.717, 1.165) is 3.57 Å². The Balaban J connectivity index is 2.21. The predicted octanol–water partition coefficient (Wildman–Crippen LogP) is 0.0316. The number of hydrogen-bond donors (Lipinski definition) is 0. The third-order valence-corrected chi connectivity index (χ3v) is 4.88. The number of nitro benzene ring substituents is 1. The fourth-order valence-electron chi connectivity index (χ4n) is 1.37. The van der Waals surface area contributed by atoms with Gasteiger partial charge in [0.25, 0.3) is 5.69 Å². The van der Waals surface area contributed by atoms with E-state index < -0.39 is 0 Å². The summed E-state index contributed by atoms with van der Waals surface area (Å²) in [4.78, 5) is 10.3. The Hall–Kier alpha value is -1.43. The Labute approximate surface area is 110 Å². The SMILES string of the molecule is Cc1ccc([I+]c2cccc([N+](=O)[O-])c2)cc1. The second-order valence-corrected chi connectivity index (χ2v) is 6.66. The highest BCUT2D eigenvalue weighted by molar-refractivity contribution is 5.28. The van der Waals surface area contributed by atoms with Gasteiger partial charge in [-0.3, -0.25) is 10.1 Å². The molecule has 2 aromatic carbocycles. The number of nitrogens with zero attached hydrogens (tertiary/aromatic N) is 1. The Morgan fingerprint density at radius 3 is 2.41 bits per heavy atom. The molecule has 86 valence electrons. The van der Waals surface area contributed by atoms with E-state index in [2.05, 4.69) is 31.2 Å². The third kappa shape index (κ3) is 3.26. The molecule has 0 saturated heterocycles. The number of hydrogen-bond acceptors (Lipinski definition) is 2. The summed E-state index contributed by atoms with van der Waals surface area (Å²) < 4.78 is 2.34. The molecule has 0 bridgehead atoms. The summed E-state index contributed by atoms with van der Waals surface area (Å²) in [6.07, 6.45) is 0. The van der Waals surface area contributed by atoms with Crippen molar-refractivity contribution in [2.75, 3.05) is 0 Å². The summed E-state index contributed by atoms with van der Waals surface area (Å²) >= 11 is -0.331. The molecule has 17 heavy (non-hydrogen) atoms. The predicted molar refractivity (Wildman–Crippen MR) is 61.7 cm³/mol. The van der Waals surface area contributed by atoms with Crippen LogP contribution in [0.25, 0.3) is 0 Å². The number of halogens is 1. The number of aryl methyl sites for hydroxylation is 1. The zero-order valence-corrected chi connectivity index (χ0v) is 11.4. The molecule has 0 spiro atoms. The summed E-state index contributed by atoms with van der Waals surface area (Å²) in [5, 5.41) is 10.7. The van der Waals surface area contributed by atoms with Gasteiger partial charge in [0.2, 0.25) is 3.57 Å². The molecule has 0 fully saturated rings. The van der Waals surface area contributed by atoms with Gasteiger partial charge in [0.1, 0.15) is 0 Å². The van der Waals surface area contributed by atoms with Crippen molar-refractivity contribution in [2.45, 2.75) is 6.92 Å². The lowest BCUT2D eigenvalue weighted by molar-refractivity contribution is -0.597. The van der Waals surface area contributed by atoms with Crippen molar-refractivity contribution in [1.29, 1.82) is 0 Å². The van der Waals surface area contributed by atoms with Gasteiger partial charge in [0.05, 0.1) is 11.0 Å². The Bertz CT molecular complexity index is 537. The third-order valence-electron chi connectivity index (χ3n) is 2.25. The van der Waals surface area contributed by atoms with E-state index in [4.69, 9.17) is 0 Å². The first-order valence-corrected chi connectivity index (χ1v) is 7.27. The number of rotatable bonds is 3. The van der Waals surface area contributed by atoms with Crippen molar-refractivity contribution >= 4 is 5.69 Å². The van der Waals surface area contributed by atoms with Crippen LogP contribution in [0.15, 0.2) is 48.5 Å². The van der Waals surface area contributed by atoms with Gasteiger partial charge in [-0.05, 0) is 25.1 Å². The zero-order valence-electron chi connectivity index (χ0n) is 9.26. The van der Waals surface area contributed by atoms with Gasteiger partial charge in [-0.1, -0.05) is 23.8 Å². The quantitative estimate of drug-likeness (QED) is 0.450. The second kappa shape index (κ2) is 5.27. The lowest BCUT2D eigenvalue weighted by Crippen LogP contribution is -3.61. The molecule has 0 saturated carbocycles. The molecule has 3 nitrogen and oxygen atoms in total. The van der Waals surface area contributed by atoms with E-state index in [1.807, 2.05) is 6.07 Å². The van der Waals surface area contributed by atoms with Gasteiger partial charge in [-0.15, -0.1) is 0 Å². The lowest BCUT2D eigenvalue weighted by Gasteiger charge is -1.90. The highest BCUT2D eigenvalue weighted by Gasteiger charge is 2.18. The first kappa shape index (κ1) is 12.0. The maximum Gasteiger partial charge on any atom is 0.358 e. The highest BCUT2D eigenvalue weighted by Crippen LogP contribution is 2.07. The van der Waals surface area contributed by atoms with Crippen LogP contribution in [0, 0.1) is 24.2 Å². The van der Waals surface area contributed by atoms with E-state index in [0.29, 0.717) is 0 Å². The minimum absolute atomic E-state index is 0.175. The van der Waals surface area contributed by atoms with Gasteiger partial charge >= 0.3 is 21.2 Å². The molecule has 0 aliphatic carbocycles. The van der Waals surface area contributed by atoms with Crippen molar-refractivity contribution in [1.82, 2.24) is 0 Å². The average molecular weight is 340 g/mol. The van der Waals surface area contributed by atoms with Crippen LogP contribution >= 0.6 is 0 Å². The zero-order chi connectivity index (χ0) is 12.3. The van der Waals surface area contributed by atoms with E-state index in [9.17, 15) is 10.1 Å². The van der Waals surface area contributed by atoms with Crippen molar-refractivity contribution in [3.63, 3.8) is 0 Å². The van der Waals surface area contributed by atoms with E-state index in [-0.39, 0.29) is 31.8 Å². The summed E-state index contributed by atoms with van der Waals surface area (Å²) in [6, 6.07) is 15.3. The monoisotopic (exact) mass is 340 g/mol. The van der Waals surface area contributed by atoms with Crippen LogP contribution in [-0.2, 0) is 0 Å². The molecule has 4 heteroatoms. The van der Waals surface area contributed by atoms with Gasteiger partial charge in [0, 0.05) is 6.07 Å². The number of nitro groups is 1. The summed E-state index contributed by atoms with van der Waals surface area (Å²) in [5.74, 6) is 0. The Kier molecular flexibility index (Phi) is 3.73. The topological polar surface area (TPSA) is 43.1 Å². The van der Waals surface area contributed by atoms with Crippen LogP contribution in [-0.4, -0.2) is 4.92 Å². The summed E-state index contributed by atoms with van der Waals surface area (Å²) in [7, 11) is 0. The smallest absolute Gasteiger partial charge is 0.258 e. The molecule has 0 N–H and O–H groups in total. The lowest BCUT2D eigenvalue weighted by atomic mass is 10.2. The van der Waals surface area contributed by atoms with Crippen LogP contribution in [0.5, 0.6) is 0 Å². The van der Waals surface area contributed by atoms with Gasteiger partial charge in [-0.25, -0.2) is 0 Å². The standard InChI is InChI=1S/C13H11INO2/c1-10-5-7-11(8-6-10)14-12-3-2-4-13(9-12)15(16)17/h2-9H,1H3/q+1. The molecular formula is C13H11INO2+. The van der Waals surface area contributed by atoms with Gasteiger partial charge in [-0.2, -0.15) is 0 Å². The van der Waals surface area contributed by atoms with E-state index in [1.165, 1.54) is 15.2 Å². The molecule has 0 aliphatic heterocycles. The fourth-order valence-corrected chi connectivity index (χ4v) is 3.67. The molecule has 0 unspecified atom stereocenters. The molecular weight excluding hydrogens is 329 g/mol. The first-order chi connectivity index (χ1) is 8.15. The van der Waals surface area contributed by atoms with E-state index >= 15 is 0 Å². The number of benzene rings is 2. The molecule has 0 radical (unpaired) electrons. The van der Waals surface area contributed by atoms with E-state index in [1.54, 1.807) is 12.1 Å². The molecule has 0 atom stereocenters. The molecule has 0 aromatic heterocycles. The molecule has 0 amide bonds. The van der Waals surface area contributed by atoms with Gasteiger partial charge in [0.15, 0.2) is 3.57 Å². The molecule has 2 aromatic rings. The van der Waals surface area contributed by atoms with Crippen molar-refractivity contribution in [3.8, 4) is 0 Å². The van der Waals surface area contributed by atoms with Crippen LogP contribution in [0.1, 0.15) is 5.56 Å². The minimum atomic E-state index is -0.345. The fraction of sp³-hybridized carbons (Fsp3) is 0.0769. The van der Waals surface area contributed by atoms with Crippen LogP contribution in [0.3, 0.4) is 0 Å². The summed E-state index contributed by atoms with van der Waals surface area (Å²) in [5.41, 5.74) is 1.41. The minimum Gasteiger partial charge on any atom is -0.258 e. The van der Waals surface area contributed by atoms with Crippen molar-refractivity contribution in [3.05, 3.63) is 71.3 Å². The normalized spacial score (nSPS) is 10.2. The number of non-ortho nitro benzene ring substituents is 1. The average Bonchev–Trinajstić information content (AvgIpc) is 2.32. The van der Waals surface area contributed by atoms with Crippen LogP contribution in [0.2, 0.25) is 0 Å². The Morgan fingerprint density at radius 2 is 1.76 bits per heavy atom. The second-order valence-electron chi connectivity index (χ2n) is 3.63. The maximum absolute atomic E-state index is 10.7. The molecule has 0 heterocycles. The summed E-state index contributed by atoms with van der Waals surface area (Å²) in [6.45, 7) is 2.05. The molecule has 2 rings (SSSR count). The highest BCUT2D eigenvalue weighted by atomic mass is 127. The van der Waals surface area contributed by atoms with Crippen LogP contribution in [0.4, 0.5) is 5.69 Å². The Morgan fingerprint density at radius 1 is 1.06 bits per heavy atom. The van der Waals surface area contributed by atoms with Crippen molar-refractivity contribution < 1.29 is 26.1 Å². The molecule has 0 aliphatic rings. The first-order valence-electron chi connectivity index (χ1n) is 5.11. The maximum atomic E-state index is 10.7. The van der Waals surface area contributed by atoms with Crippen molar-refractivity contribution in [2.24, 2.45) is 0 Å². The largest absolute Gasteiger partial charge is 0.358 e. The van der Waals surface area contributed by atoms with Crippen LogP contribution < -0.4 is 21.2 Å². The van der Waals surface area contributed by atoms with Gasteiger partial charge < -0.3 is 0 Å².